The maximum Gasteiger partial charge on any atom is 0.187 e. The lowest BCUT2D eigenvalue weighted by molar-refractivity contribution is -0.179. The predicted molar refractivity (Wildman–Crippen MR) is 49.0 cm³/mol. The van der Waals surface area contributed by atoms with E-state index in [0.29, 0.717) is 0 Å². The van der Waals surface area contributed by atoms with Gasteiger partial charge in [-0.3, -0.25) is 4.79 Å². The summed E-state index contributed by atoms with van der Waals surface area (Å²) in [6.45, 7) is 2.58. The molecule has 0 aromatic carbocycles. The number of rotatable bonds is 4. The fraction of sp³-hybridized carbons (Fsp3) is 0.889. The zero-order valence-electron chi connectivity index (χ0n) is 8.66. The van der Waals surface area contributed by atoms with Crippen molar-refractivity contribution < 1.29 is 29.6 Å². The van der Waals surface area contributed by atoms with E-state index in [0.717, 1.165) is 0 Å². The number of hydrogen-bond acceptors (Lipinski definition) is 6. The summed E-state index contributed by atoms with van der Waals surface area (Å²) < 4.78 is 10.0. The van der Waals surface area contributed by atoms with Crippen LogP contribution in [0.1, 0.15) is 13.8 Å². The number of Topliss-reactive ketones (excluding diaryl/α,β-unsaturated/α-hetero) is 1. The van der Waals surface area contributed by atoms with Crippen molar-refractivity contribution in [3.63, 3.8) is 0 Å². The maximum atomic E-state index is 10.6. The normalized spacial score (nSPS) is 37.9. The predicted octanol–water partition coefficient (Wildman–Crippen LogP) is -1.58. The van der Waals surface area contributed by atoms with E-state index in [4.69, 9.17) is 9.47 Å². The first-order chi connectivity index (χ1) is 6.93. The molecule has 15 heavy (non-hydrogen) atoms. The van der Waals surface area contributed by atoms with E-state index < -0.39 is 30.7 Å². The lowest BCUT2D eigenvalue weighted by Gasteiger charge is -2.16. The average molecular weight is 220 g/mol. The third kappa shape index (κ3) is 2.96. The van der Waals surface area contributed by atoms with Crippen molar-refractivity contribution >= 4 is 5.78 Å². The number of hydrogen-bond donors (Lipinski definition) is 3. The van der Waals surface area contributed by atoms with Gasteiger partial charge in [-0.1, -0.05) is 0 Å². The summed E-state index contributed by atoms with van der Waals surface area (Å²) in [5.41, 5.74) is 0. The van der Waals surface area contributed by atoms with Gasteiger partial charge >= 0.3 is 0 Å². The van der Waals surface area contributed by atoms with Crippen molar-refractivity contribution in [1.82, 2.24) is 0 Å². The first-order valence-electron chi connectivity index (χ1n) is 4.74. The highest BCUT2D eigenvalue weighted by Crippen LogP contribution is 2.24. The molecule has 1 heterocycles. The largest absolute Gasteiger partial charge is 0.391 e. The van der Waals surface area contributed by atoms with Gasteiger partial charge in [0.25, 0.3) is 0 Å². The Balaban J connectivity index is 2.51. The molecule has 6 heteroatoms. The minimum Gasteiger partial charge on any atom is -0.391 e. The summed E-state index contributed by atoms with van der Waals surface area (Å²) in [5, 5.41) is 28.1. The fourth-order valence-electron chi connectivity index (χ4n) is 1.41. The lowest BCUT2D eigenvalue weighted by Crippen LogP contribution is -2.37. The summed E-state index contributed by atoms with van der Waals surface area (Å²) in [7, 11) is 0. The molecule has 1 unspecified atom stereocenters. The number of ether oxygens (including phenoxy) is 2. The van der Waals surface area contributed by atoms with Crippen LogP contribution in [-0.4, -0.2) is 58.4 Å². The van der Waals surface area contributed by atoms with Gasteiger partial charge in [-0.25, -0.2) is 0 Å². The quantitative estimate of drug-likeness (QED) is 0.529. The minimum absolute atomic E-state index is 0.193. The molecule has 6 nitrogen and oxygen atoms in total. The zero-order valence-corrected chi connectivity index (χ0v) is 8.66. The van der Waals surface area contributed by atoms with Crippen LogP contribution in [0.25, 0.3) is 0 Å². The van der Waals surface area contributed by atoms with Crippen molar-refractivity contribution in [2.75, 3.05) is 6.61 Å². The summed E-state index contributed by atoms with van der Waals surface area (Å²) in [4.78, 5) is 10.6. The van der Waals surface area contributed by atoms with Crippen molar-refractivity contribution in [1.29, 1.82) is 0 Å². The number of carbonyl (C=O) groups excluding carboxylic acids is 1. The molecular weight excluding hydrogens is 204 g/mol. The van der Waals surface area contributed by atoms with Crippen molar-refractivity contribution in [2.24, 2.45) is 0 Å². The van der Waals surface area contributed by atoms with Crippen molar-refractivity contribution in [2.45, 2.75) is 44.6 Å². The van der Waals surface area contributed by atoms with Gasteiger partial charge in [0, 0.05) is 0 Å². The highest BCUT2D eigenvalue weighted by molar-refractivity contribution is 5.76. The first kappa shape index (κ1) is 12.5. The van der Waals surface area contributed by atoms with Gasteiger partial charge in [-0.15, -0.1) is 0 Å². The van der Waals surface area contributed by atoms with E-state index in [-0.39, 0.29) is 12.4 Å². The molecule has 1 aliphatic heterocycles. The van der Waals surface area contributed by atoms with Gasteiger partial charge < -0.3 is 24.8 Å². The molecule has 0 aliphatic carbocycles. The van der Waals surface area contributed by atoms with Crippen LogP contribution in [0.5, 0.6) is 0 Å². The summed E-state index contributed by atoms with van der Waals surface area (Å²) in [6, 6.07) is 0. The second-order valence-corrected chi connectivity index (χ2v) is 3.70. The van der Waals surface area contributed by atoms with Crippen LogP contribution in [-0.2, 0) is 14.3 Å². The Morgan fingerprint density at radius 3 is 2.47 bits per heavy atom. The second kappa shape index (κ2) is 5.00. The molecule has 0 radical (unpaired) electrons. The monoisotopic (exact) mass is 220 g/mol. The van der Waals surface area contributed by atoms with Gasteiger partial charge in [0.1, 0.15) is 24.9 Å². The third-order valence-electron chi connectivity index (χ3n) is 2.18. The fourth-order valence-corrected chi connectivity index (χ4v) is 1.41. The van der Waals surface area contributed by atoms with Gasteiger partial charge in [0.2, 0.25) is 0 Å². The molecule has 5 atom stereocenters. The molecule has 0 bridgehead atoms. The van der Waals surface area contributed by atoms with Gasteiger partial charge in [0.05, 0.1) is 6.10 Å². The molecule has 0 spiro atoms. The molecular formula is C9H16O6. The van der Waals surface area contributed by atoms with Crippen LogP contribution in [0, 0.1) is 0 Å². The van der Waals surface area contributed by atoms with Gasteiger partial charge in [0.15, 0.2) is 12.1 Å². The average Bonchev–Trinajstić information content (AvgIpc) is 2.41. The van der Waals surface area contributed by atoms with E-state index in [1.807, 2.05) is 0 Å². The van der Waals surface area contributed by atoms with Crippen molar-refractivity contribution in [3.05, 3.63) is 0 Å². The highest BCUT2D eigenvalue weighted by atomic mass is 16.7. The first-order valence-corrected chi connectivity index (χ1v) is 4.74. The highest BCUT2D eigenvalue weighted by Gasteiger charge is 2.45. The van der Waals surface area contributed by atoms with Gasteiger partial charge in [-0.2, -0.15) is 0 Å². The molecule has 0 amide bonds. The number of aliphatic hydroxyl groups is 3. The molecule has 1 aliphatic rings. The van der Waals surface area contributed by atoms with E-state index >= 15 is 0 Å². The van der Waals surface area contributed by atoms with Crippen LogP contribution in [0.3, 0.4) is 0 Å². The van der Waals surface area contributed by atoms with Crippen LogP contribution in [0.15, 0.2) is 0 Å². The second-order valence-electron chi connectivity index (χ2n) is 3.70. The Morgan fingerprint density at radius 2 is 2.07 bits per heavy atom. The third-order valence-corrected chi connectivity index (χ3v) is 2.18. The number of carbonyl (C=O) groups is 1. The molecule has 1 rings (SSSR count). The SMILES string of the molecule is CC(=O)CO[C@@H]1O[C@H](C(C)O)[C@@H](O)[C@@H]1O. The Hall–Kier alpha value is -0.530. The van der Waals surface area contributed by atoms with Crippen LogP contribution >= 0.6 is 0 Å². The molecule has 0 saturated carbocycles. The molecule has 1 fully saturated rings. The topological polar surface area (TPSA) is 96.2 Å². The molecule has 88 valence electrons. The Labute approximate surface area is 87.4 Å². The van der Waals surface area contributed by atoms with Crippen LogP contribution in [0.4, 0.5) is 0 Å². The molecule has 0 aromatic rings. The lowest BCUT2D eigenvalue weighted by atomic mass is 10.1. The van der Waals surface area contributed by atoms with E-state index in [1.54, 1.807) is 0 Å². The molecule has 3 N–H and O–H groups in total. The molecule has 1 saturated heterocycles. The van der Waals surface area contributed by atoms with Gasteiger partial charge in [-0.05, 0) is 13.8 Å². The smallest absolute Gasteiger partial charge is 0.187 e. The summed E-state index contributed by atoms with van der Waals surface area (Å²) in [5.74, 6) is -0.208. The van der Waals surface area contributed by atoms with Crippen molar-refractivity contribution in [3.8, 4) is 0 Å². The summed E-state index contributed by atoms with van der Waals surface area (Å²) >= 11 is 0. The molecule has 0 aromatic heterocycles. The number of ketones is 1. The maximum absolute atomic E-state index is 10.6. The van der Waals surface area contributed by atoms with E-state index in [1.165, 1.54) is 13.8 Å². The summed E-state index contributed by atoms with van der Waals surface area (Å²) in [6.07, 6.45) is -5.33. The van der Waals surface area contributed by atoms with E-state index in [2.05, 4.69) is 0 Å². The zero-order chi connectivity index (χ0) is 11.6. The Bertz CT molecular complexity index is 229. The Morgan fingerprint density at radius 1 is 1.47 bits per heavy atom. The minimum atomic E-state index is -1.25. The van der Waals surface area contributed by atoms with E-state index in [9.17, 15) is 20.1 Å². The standard InChI is InChI=1S/C9H16O6/c1-4(10)3-14-9-7(13)6(12)8(15-9)5(2)11/h5-9,11-13H,3H2,1-2H3/t5?,6-,7-,8+,9+/m0/s1. The van der Waals surface area contributed by atoms with Crippen LogP contribution in [0.2, 0.25) is 0 Å². The number of aliphatic hydroxyl groups excluding tert-OH is 3. The Kier molecular flexibility index (Phi) is 4.18. The van der Waals surface area contributed by atoms with Crippen LogP contribution < -0.4 is 0 Å².